The first-order valence-electron chi connectivity index (χ1n) is 13.7. The minimum Gasteiger partial charge on any atom is -0.496 e. The van der Waals surface area contributed by atoms with Crippen LogP contribution in [0.25, 0.3) is 21.0 Å². The van der Waals surface area contributed by atoms with Gasteiger partial charge in [0, 0.05) is 5.56 Å². The van der Waals surface area contributed by atoms with E-state index >= 15 is 0 Å². The highest BCUT2D eigenvalue weighted by molar-refractivity contribution is 7.22. The van der Waals surface area contributed by atoms with Crippen LogP contribution in [0.5, 0.6) is 5.75 Å². The Balaban J connectivity index is 1.55. The number of carboxylic acid groups (broad SMARTS) is 1. The molecular weight excluding hydrogens is 582 g/mol. The van der Waals surface area contributed by atoms with Crippen molar-refractivity contribution in [1.82, 2.24) is 14.1 Å². The molecule has 4 aromatic rings. The number of aliphatic hydroxyl groups excluding tert-OH is 1. The first kappa shape index (κ1) is 29.3. The summed E-state index contributed by atoms with van der Waals surface area (Å²) in [4.78, 5) is 45.5. The number of aliphatic carboxylic acids is 1. The van der Waals surface area contributed by atoms with Crippen molar-refractivity contribution in [3.8, 4) is 16.5 Å². The van der Waals surface area contributed by atoms with Crippen molar-refractivity contribution in [2.45, 2.75) is 63.4 Å². The summed E-state index contributed by atoms with van der Waals surface area (Å²) in [6, 6.07) is 7.17. The summed E-state index contributed by atoms with van der Waals surface area (Å²) in [6.45, 7) is 4.46. The largest absolute Gasteiger partial charge is 0.496 e. The number of benzene rings is 1. The molecule has 6 rings (SSSR count). The van der Waals surface area contributed by atoms with E-state index in [1.807, 2.05) is 0 Å². The summed E-state index contributed by atoms with van der Waals surface area (Å²) >= 11 is 1.15. The number of oxazole rings is 1. The normalized spacial score (nSPS) is 22.6. The van der Waals surface area contributed by atoms with E-state index in [2.05, 4.69) is 4.98 Å². The predicted molar refractivity (Wildman–Crippen MR) is 154 cm³/mol. The topological polar surface area (TPSA) is 164 Å². The molecule has 0 radical (unpaired) electrons. The van der Waals surface area contributed by atoms with Crippen LogP contribution in [-0.4, -0.2) is 75.0 Å². The van der Waals surface area contributed by atoms with E-state index in [0.29, 0.717) is 26.6 Å². The van der Waals surface area contributed by atoms with Gasteiger partial charge in [-0.3, -0.25) is 9.36 Å². The van der Waals surface area contributed by atoms with Gasteiger partial charge in [0.2, 0.25) is 5.89 Å². The minimum absolute atomic E-state index is 0.113. The standard InChI is InChI=1S/C29H31N3O10S/c1-14-20-25(34)32(29(2,3)27(35)36)28(37)31(26(20)43-23(14)24-30-9-10-39-24)11-18(15-7-5-6-8-17(15)38-4)42-19-13-41-21-16(33)12-40-22(19)21/h5-10,16,18-19,21-22,33H,11-13H2,1-4H3,(H,35,36). The van der Waals surface area contributed by atoms with E-state index in [-0.39, 0.29) is 31.0 Å². The van der Waals surface area contributed by atoms with Gasteiger partial charge in [0.25, 0.3) is 5.56 Å². The van der Waals surface area contributed by atoms with Crippen LogP contribution in [-0.2, 0) is 31.1 Å². The van der Waals surface area contributed by atoms with Gasteiger partial charge in [0.05, 0.1) is 43.3 Å². The van der Waals surface area contributed by atoms with Gasteiger partial charge in [-0.2, -0.15) is 0 Å². The third kappa shape index (κ3) is 4.79. The number of ether oxygens (including phenoxy) is 4. The molecule has 14 heteroatoms. The van der Waals surface area contributed by atoms with Crippen LogP contribution < -0.4 is 16.0 Å². The Bertz CT molecular complexity index is 1790. The van der Waals surface area contributed by atoms with E-state index in [1.165, 1.54) is 38.0 Å². The summed E-state index contributed by atoms with van der Waals surface area (Å²) in [5, 5.41) is 20.5. The molecule has 0 bridgehead atoms. The van der Waals surface area contributed by atoms with Gasteiger partial charge in [-0.15, -0.1) is 11.3 Å². The smallest absolute Gasteiger partial charge is 0.333 e. The number of thiophene rings is 1. The molecule has 1 aromatic carbocycles. The zero-order valence-corrected chi connectivity index (χ0v) is 24.7. The third-order valence-corrected chi connectivity index (χ3v) is 9.38. The fraction of sp³-hybridized carbons (Fsp3) is 0.448. The molecule has 0 spiro atoms. The van der Waals surface area contributed by atoms with Crippen LogP contribution >= 0.6 is 11.3 Å². The maximum Gasteiger partial charge on any atom is 0.333 e. The predicted octanol–water partition coefficient (Wildman–Crippen LogP) is 2.30. The van der Waals surface area contributed by atoms with Crippen LogP contribution in [0.4, 0.5) is 0 Å². The van der Waals surface area contributed by atoms with Crippen LogP contribution in [0.3, 0.4) is 0 Å². The molecule has 5 unspecified atom stereocenters. The zero-order chi connectivity index (χ0) is 30.6. The van der Waals surface area contributed by atoms with Crippen LogP contribution in [0, 0.1) is 6.92 Å². The quantitative estimate of drug-likeness (QED) is 0.285. The highest BCUT2D eigenvalue weighted by Gasteiger charge is 2.48. The monoisotopic (exact) mass is 613 g/mol. The second-order valence-electron chi connectivity index (χ2n) is 11.0. The van der Waals surface area contributed by atoms with Crippen LogP contribution in [0.2, 0.25) is 0 Å². The highest BCUT2D eigenvalue weighted by Crippen LogP contribution is 2.39. The van der Waals surface area contributed by atoms with Gasteiger partial charge in [-0.25, -0.2) is 19.1 Å². The molecule has 5 heterocycles. The number of para-hydroxylation sites is 1. The summed E-state index contributed by atoms with van der Waals surface area (Å²) in [5.74, 6) is -0.576. The van der Waals surface area contributed by atoms with Gasteiger partial charge in [-0.05, 0) is 32.4 Å². The van der Waals surface area contributed by atoms with E-state index in [0.717, 1.165) is 15.9 Å². The molecule has 5 atom stereocenters. The van der Waals surface area contributed by atoms with Crippen molar-refractivity contribution in [3.05, 3.63) is 68.7 Å². The van der Waals surface area contributed by atoms with Crippen molar-refractivity contribution >= 4 is 27.5 Å². The van der Waals surface area contributed by atoms with E-state index in [9.17, 15) is 24.6 Å². The maximum absolute atomic E-state index is 14.2. The van der Waals surface area contributed by atoms with Gasteiger partial charge < -0.3 is 33.6 Å². The molecule has 0 saturated carbocycles. The van der Waals surface area contributed by atoms with Gasteiger partial charge in [0.15, 0.2) is 0 Å². The Hall–Kier alpha value is -3.82. The number of hydrogen-bond donors (Lipinski definition) is 2. The molecule has 2 fully saturated rings. The molecule has 0 amide bonds. The second kappa shape index (κ2) is 11.0. The van der Waals surface area contributed by atoms with Crippen molar-refractivity contribution in [2.24, 2.45) is 0 Å². The molecule has 13 nitrogen and oxygen atoms in total. The van der Waals surface area contributed by atoms with Crippen LogP contribution in [0.15, 0.2) is 50.7 Å². The van der Waals surface area contributed by atoms with Gasteiger partial charge >= 0.3 is 11.7 Å². The van der Waals surface area contributed by atoms with Crippen LogP contribution in [0.1, 0.15) is 31.1 Å². The lowest BCUT2D eigenvalue weighted by Crippen LogP contribution is -2.52. The van der Waals surface area contributed by atoms with E-state index in [4.69, 9.17) is 23.4 Å². The van der Waals surface area contributed by atoms with E-state index in [1.54, 1.807) is 31.2 Å². The Morgan fingerprint density at radius 2 is 1.95 bits per heavy atom. The highest BCUT2D eigenvalue weighted by atomic mass is 32.1. The lowest BCUT2D eigenvalue weighted by Gasteiger charge is -2.28. The fourth-order valence-electron chi connectivity index (χ4n) is 5.72. The number of hydrogen-bond acceptors (Lipinski definition) is 11. The lowest BCUT2D eigenvalue weighted by atomic mass is 10.0. The fourth-order valence-corrected chi connectivity index (χ4v) is 6.96. The average molecular weight is 614 g/mol. The van der Waals surface area contributed by atoms with Crippen molar-refractivity contribution in [1.29, 1.82) is 0 Å². The van der Waals surface area contributed by atoms with E-state index < -0.39 is 53.3 Å². The number of fused-ring (bicyclic) bond motifs is 2. The number of carbonyl (C=O) groups is 1. The summed E-state index contributed by atoms with van der Waals surface area (Å²) in [6.07, 6.45) is -0.390. The molecule has 0 aliphatic carbocycles. The number of aryl methyl sites for hydroxylation is 1. The number of aliphatic hydroxyl groups is 1. The molecular formula is C29H31N3O10S. The third-order valence-electron chi connectivity index (χ3n) is 8.08. The van der Waals surface area contributed by atoms with Gasteiger partial charge in [0.1, 0.15) is 52.9 Å². The summed E-state index contributed by atoms with van der Waals surface area (Å²) in [7, 11) is 1.52. The maximum atomic E-state index is 14.2. The number of nitrogens with zero attached hydrogens (tertiary/aromatic N) is 3. The number of rotatable bonds is 9. The first-order chi connectivity index (χ1) is 20.5. The molecule has 228 valence electrons. The summed E-state index contributed by atoms with van der Waals surface area (Å²) in [5.41, 5.74) is -2.30. The molecule has 2 aliphatic rings. The van der Waals surface area contributed by atoms with Crippen molar-refractivity contribution < 1.29 is 38.4 Å². The Morgan fingerprint density at radius 1 is 1.21 bits per heavy atom. The van der Waals surface area contributed by atoms with Crippen molar-refractivity contribution in [3.63, 3.8) is 0 Å². The first-order valence-corrected chi connectivity index (χ1v) is 14.5. The average Bonchev–Trinajstić information content (AvgIpc) is 3.77. The Labute approximate surface area is 248 Å². The molecule has 2 saturated heterocycles. The number of methoxy groups -OCH3 is 1. The van der Waals surface area contributed by atoms with Gasteiger partial charge in [-0.1, -0.05) is 18.2 Å². The van der Waals surface area contributed by atoms with Crippen molar-refractivity contribution in [2.75, 3.05) is 20.3 Å². The molecule has 2 N–H and O–H groups in total. The Kier molecular flexibility index (Phi) is 7.50. The molecule has 2 aliphatic heterocycles. The molecule has 43 heavy (non-hydrogen) atoms. The Morgan fingerprint density at radius 3 is 2.65 bits per heavy atom. The lowest BCUT2D eigenvalue weighted by molar-refractivity contribution is -0.146. The number of carboxylic acids is 1. The second-order valence-corrected chi connectivity index (χ2v) is 12.0. The zero-order valence-electron chi connectivity index (χ0n) is 23.9. The molecule has 3 aromatic heterocycles. The SMILES string of the molecule is COc1ccccc1C(Cn1c(=O)n(C(C)(C)C(=O)O)c(=O)c2c(C)c(-c3ncco3)sc21)OC1COC2C(O)COC12. The summed E-state index contributed by atoms with van der Waals surface area (Å²) < 4.78 is 31.4. The minimum atomic E-state index is -1.87. The number of aromatic nitrogens is 3.